The van der Waals surface area contributed by atoms with Crippen LogP contribution in [0.5, 0.6) is 0 Å². The minimum Gasteiger partial charge on any atom is -0.467 e. The summed E-state index contributed by atoms with van der Waals surface area (Å²) >= 11 is 0. The van der Waals surface area contributed by atoms with Crippen LogP contribution in [0.1, 0.15) is 41.5 Å². The zero-order valence-corrected chi connectivity index (χ0v) is 12.9. The third kappa shape index (κ3) is 3.71. The Bertz CT molecular complexity index is 636. The van der Waals surface area contributed by atoms with Crippen molar-refractivity contribution in [2.45, 2.75) is 25.4 Å². The van der Waals surface area contributed by atoms with Gasteiger partial charge in [-0.15, -0.1) is 0 Å². The van der Waals surface area contributed by atoms with Crippen molar-refractivity contribution < 1.29 is 14.3 Å². The number of rotatable bonds is 5. The summed E-state index contributed by atoms with van der Waals surface area (Å²) < 4.78 is 5.13. The van der Waals surface area contributed by atoms with E-state index in [1.807, 2.05) is 0 Å². The normalized spacial score (nSPS) is 16.1. The molecule has 1 aliphatic heterocycles. The van der Waals surface area contributed by atoms with Gasteiger partial charge >= 0.3 is 0 Å². The molecule has 6 heteroatoms. The molecule has 1 amide bonds. The Morgan fingerprint density at radius 3 is 2.87 bits per heavy atom. The van der Waals surface area contributed by atoms with Crippen LogP contribution in [-0.4, -0.2) is 35.6 Å². The van der Waals surface area contributed by atoms with Gasteiger partial charge in [0.1, 0.15) is 17.7 Å². The zero-order chi connectivity index (χ0) is 16.1. The Labute approximate surface area is 135 Å². The van der Waals surface area contributed by atoms with Crippen LogP contribution in [0, 0.1) is 0 Å². The van der Waals surface area contributed by atoms with E-state index < -0.39 is 6.10 Å². The predicted octanol–water partition coefficient (Wildman–Crippen LogP) is 2.13. The number of aliphatic hydroxyl groups is 1. The van der Waals surface area contributed by atoms with E-state index in [0.717, 1.165) is 31.7 Å². The van der Waals surface area contributed by atoms with E-state index in [1.165, 1.54) is 12.7 Å². The van der Waals surface area contributed by atoms with Gasteiger partial charge in [-0.1, -0.05) is 0 Å². The minimum atomic E-state index is -0.857. The molecule has 2 aromatic heterocycles. The van der Waals surface area contributed by atoms with Crippen molar-refractivity contribution in [3.63, 3.8) is 0 Å². The van der Waals surface area contributed by atoms with Crippen molar-refractivity contribution in [3.05, 3.63) is 48.0 Å². The highest BCUT2D eigenvalue weighted by Crippen LogP contribution is 2.21. The number of anilines is 1. The highest BCUT2D eigenvalue weighted by Gasteiger charge is 2.20. The van der Waals surface area contributed by atoms with Crippen LogP contribution in [0.2, 0.25) is 0 Å². The van der Waals surface area contributed by atoms with Crippen molar-refractivity contribution >= 4 is 11.7 Å². The minimum absolute atomic E-state index is 0.0979. The molecule has 2 aromatic rings. The molecule has 0 radical (unpaired) electrons. The number of hydrogen-bond donors (Lipinski definition) is 2. The molecule has 3 rings (SSSR count). The number of carbonyl (C=O) groups is 1. The Hall–Kier alpha value is -2.34. The fourth-order valence-electron chi connectivity index (χ4n) is 2.80. The van der Waals surface area contributed by atoms with Gasteiger partial charge < -0.3 is 19.7 Å². The molecule has 1 unspecified atom stereocenters. The smallest absolute Gasteiger partial charge is 0.255 e. The average Bonchev–Trinajstić information content (AvgIpc) is 3.15. The second-order valence-electron chi connectivity index (χ2n) is 5.66. The summed E-state index contributed by atoms with van der Waals surface area (Å²) in [5, 5.41) is 12.7. The first-order chi connectivity index (χ1) is 11.3. The number of amides is 1. The molecule has 1 aliphatic rings. The lowest BCUT2D eigenvalue weighted by molar-refractivity contribution is 0.0901. The van der Waals surface area contributed by atoms with Gasteiger partial charge in [-0.2, -0.15) is 0 Å². The van der Waals surface area contributed by atoms with E-state index in [0.29, 0.717) is 11.3 Å². The molecule has 0 saturated carbocycles. The van der Waals surface area contributed by atoms with Crippen LogP contribution in [0.25, 0.3) is 0 Å². The zero-order valence-electron chi connectivity index (χ0n) is 12.9. The maximum atomic E-state index is 12.5. The summed E-state index contributed by atoms with van der Waals surface area (Å²) in [7, 11) is 0. The van der Waals surface area contributed by atoms with Gasteiger partial charge in [-0.05, 0) is 43.5 Å². The molecule has 2 N–H and O–H groups in total. The van der Waals surface area contributed by atoms with Gasteiger partial charge in [-0.25, -0.2) is 4.98 Å². The van der Waals surface area contributed by atoms with Gasteiger partial charge in [0.15, 0.2) is 0 Å². The van der Waals surface area contributed by atoms with Gasteiger partial charge in [0.2, 0.25) is 0 Å². The van der Waals surface area contributed by atoms with Gasteiger partial charge in [0.05, 0.1) is 18.4 Å². The van der Waals surface area contributed by atoms with Crippen LogP contribution < -0.4 is 10.2 Å². The van der Waals surface area contributed by atoms with E-state index in [9.17, 15) is 9.90 Å². The lowest BCUT2D eigenvalue weighted by Crippen LogP contribution is -2.34. The molecular formula is C17H21N3O3. The molecule has 0 aromatic carbocycles. The van der Waals surface area contributed by atoms with E-state index in [4.69, 9.17) is 4.42 Å². The fraction of sp³-hybridized carbons (Fsp3) is 0.412. The molecule has 0 bridgehead atoms. The first-order valence-electron chi connectivity index (χ1n) is 7.95. The third-order valence-electron chi connectivity index (χ3n) is 4.01. The Balaban J connectivity index is 1.67. The number of carbonyl (C=O) groups excluding carboxylic acids is 1. The second kappa shape index (κ2) is 7.28. The van der Waals surface area contributed by atoms with Crippen LogP contribution in [-0.2, 0) is 0 Å². The summed E-state index contributed by atoms with van der Waals surface area (Å²) in [5.41, 5.74) is 0.543. The molecule has 3 heterocycles. The van der Waals surface area contributed by atoms with Crippen molar-refractivity contribution in [2.75, 3.05) is 24.5 Å². The summed E-state index contributed by atoms with van der Waals surface area (Å²) in [6, 6.07) is 6.91. The Kier molecular flexibility index (Phi) is 4.92. The summed E-state index contributed by atoms with van der Waals surface area (Å²) in [4.78, 5) is 19.0. The highest BCUT2D eigenvalue weighted by atomic mass is 16.4. The number of furan rings is 1. The fourth-order valence-corrected chi connectivity index (χ4v) is 2.80. The van der Waals surface area contributed by atoms with E-state index in [-0.39, 0.29) is 12.5 Å². The summed E-state index contributed by atoms with van der Waals surface area (Å²) in [6.45, 7) is 1.94. The molecular weight excluding hydrogens is 294 g/mol. The molecule has 122 valence electrons. The maximum Gasteiger partial charge on any atom is 0.255 e. The molecule has 0 aliphatic carbocycles. The number of piperidine rings is 1. The summed E-state index contributed by atoms with van der Waals surface area (Å²) in [6.07, 6.45) is 5.81. The lowest BCUT2D eigenvalue weighted by Gasteiger charge is -2.29. The highest BCUT2D eigenvalue weighted by molar-refractivity contribution is 5.98. The van der Waals surface area contributed by atoms with Crippen LogP contribution >= 0.6 is 0 Å². The third-order valence-corrected chi connectivity index (χ3v) is 4.01. The van der Waals surface area contributed by atoms with Gasteiger partial charge in [0.25, 0.3) is 5.91 Å². The number of nitrogens with zero attached hydrogens (tertiary/aromatic N) is 2. The van der Waals surface area contributed by atoms with Crippen molar-refractivity contribution in [1.29, 1.82) is 0 Å². The number of aromatic nitrogens is 1. The largest absolute Gasteiger partial charge is 0.467 e. The Morgan fingerprint density at radius 2 is 2.13 bits per heavy atom. The predicted molar refractivity (Wildman–Crippen MR) is 86.3 cm³/mol. The standard InChI is InChI=1S/C17H21N3O3/c21-14(15-7-5-11-23-15)12-19-17(22)13-6-4-8-18-16(13)20-9-2-1-3-10-20/h4-8,11,14,21H,1-3,9-10,12H2,(H,19,22). The average molecular weight is 315 g/mol. The Morgan fingerprint density at radius 1 is 1.30 bits per heavy atom. The van der Waals surface area contributed by atoms with Crippen LogP contribution in [0.4, 0.5) is 5.82 Å². The first-order valence-corrected chi connectivity index (χ1v) is 7.95. The van der Waals surface area contributed by atoms with Gasteiger partial charge in [-0.3, -0.25) is 4.79 Å². The molecule has 23 heavy (non-hydrogen) atoms. The molecule has 1 atom stereocenters. The van der Waals surface area contributed by atoms with E-state index in [2.05, 4.69) is 15.2 Å². The second-order valence-corrected chi connectivity index (χ2v) is 5.66. The first kappa shape index (κ1) is 15.6. The molecule has 1 fully saturated rings. The van der Waals surface area contributed by atoms with E-state index in [1.54, 1.807) is 30.5 Å². The number of nitrogens with one attached hydrogen (secondary N) is 1. The number of aliphatic hydroxyl groups excluding tert-OH is 1. The van der Waals surface area contributed by atoms with Crippen molar-refractivity contribution in [3.8, 4) is 0 Å². The SMILES string of the molecule is O=C(NCC(O)c1ccco1)c1cccnc1N1CCCCC1. The molecule has 6 nitrogen and oxygen atoms in total. The van der Waals surface area contributed by atoms with Crippen LogP contribution in [0.15, 0.2) is 41.1 Å². The molecule has 1 saturated heterocycles. The van der Waals surface area contributed by atoms with Gasteiger partial charge in [0, 0.05) is 19.3 Å². The van der Waals surface area contributed by atoms with E-state index >= 15 is 0 Å². The lowest BCUT2D eigenvalue weighted by atomic mass is 10.1. The van der Waals surface area contributed by atoms with Crippen LogP contribution in [0.3, 0.4) is 0 Å². The monoisotopic (exact) mass is 315 g/mol. The maximum absolute atomic E-state index is 12.5. The summed E-state index contributed by atoms with van der Waals surface area (Å²) in [5.74, 6) is 0.925. The number of pyridine rings is 1. The van der Waals surface area contributed by atoms with Crippen molar-refractivity contribution in [1.82, 2.24) is 10.3 Å². The topological polar surface area (TPSA) is 78.6 Å². The number of hydrogen-bond acceptors (Lipinski definition) is 5. The quantitative estimate of drug-likeness (QED) is 0.883. The van der Waals surface area contributed by atoms with Crippen molar-refractivity contribution in [2.24, 2.45) is 0 Å². The molecule has 0 spiro atoms.